The third-order valence-corrected chi connectivity index (χ3v) is 8.41. The van der Waals surface area contributed by atoms with Crippen LogP contribution in [0.3, 0.4) is 0 Å². The Bertz CT molecular complexity index is 1460. The highest BCUT2D eigenvalue weighted by atomic mass is 16.4. The summed E-state index contributed by atoms with van der Waals surface area (Å²) in [5, 5.41) is 47.9. The van der Waals surface area contributed by atoms with Gasteiger partial charge >= 0.3 is 5.97 Å². The average Bonchev–Trinajstić information content (AvgIpc) is 3.15. The summed E-state index contributed by atoms with van der Waals surface area (Å²) in [6, 6.07) is -8.00. The van der Waals surface area contributed by atoms with Crippen molar-refractivity contribution in [2.24, 2.45) is 34.0 Å². The van der Waals surface area contributed by atoms with E-state index in [1.165, 1.54) is 13.8 Å². The summed E-state index contributed by atoms with van der Waals surface area (Å²) in [5.74, 6) is -8.90. The summed E-state index contributed by atoms with van der Waals surface area (Å²) in [7, 11) is 0. The zero-order chi connectivity index (χ0) is 44.7. The number of amides is 8. The van der Waals surface area contributed by atoms with Crippen molar-refractivity contribution in [1.29, 1.82) is 0 Å². The number of nitrogens with zero attached hydrogens (tertiary/aromatic N) is 1. The van der Waals surface area contributed by atoms with E-state index in [-0.39, 0.29) is 44.2 Å². The lowest BCUT2D eigenvalue weighted by molar-refractivity contribution is -0.141. The fourth-order valence-electron chi connectivity index (χ4n) is 4.96. The van der Waals surface area contributed by atoms with Crippen molar-refractivity contribution in [3.8, 4) is 0 Å². The van der Waals surface area contributed by atoms with Crippen LogP contribution in [0.4, 0.5) is 0 Å². The van der Waals surface area contributed by atoms with E-state index in [1.54, 1.807) is 27.7 Å². The van der Waals surface area contributed by atoms with Gasteiger partial charge in [-0.15, -0.1) is 0 Å². The number of hydrogen-bond donors (Lipinski definition) is 14. The Kier molecular flexibility index (Phi) is 24.5. The molecule has 0 saturated carbocycles. The molecule has 0 fully saturated rings. The molecule has 0 heterocycles. The first-order valence-electron chi connectivity index (χ1n) is 18.7. The lowest BCUT2D eigenvalue weighted by Crippen LogP contribution is -2.60. The van der Waals surface area contributed by atoms with E-state index in [0.29, 0.717) is 6.42 Å². The van der Waals surface area contributed by atoms with Gasteiger partial charge in [-0.1, -0.05) is 34.1 Å². The van der Waals surface area contributed by atoms with Crippen LogP contribution >= 0.6 is 0 Å². The molecule has 0 spiro atoms. The molecule has 8 atom stereocenters. The molecule has 8 unspecified atom stereocenters. The third-order valence-electron chi connectivity index (χ3n) is 8.41. The lowest BCUT2D eigenvalue weighted by atomic mass is 9.97. The minimum Gasteiger partial charge on any atom is -0.480 e. The zero-order valence-electron chi connectivity index (χ0n) is 33.8. The van der Waals surface area contributed by atoms with Gasteiger partial charge in [0.25, 0.3) is 0 Å². The van der Waals surface area contributed by atoms with Crippen LogP contribution in [0.1, 0.15) is 67.2 Å². The van der Waals surface area contributed by atoms with Gasteiger partial charge in [-0.25, -0.2) is 0 Å². The average molecular weight is 831 g/mol. The molecule has 24 nitrogen and oxygen atoms in total. The minimum atomic E-state index is -1.62. The Morgan fingerprint density at radius 3 is 1.66 bits per heavy atom. The number of aliphatic hydroxyl groups excluding tert-OH is 2. The van der Waals surface area contributed by atoms with E-state index in [1.807, 2.05) is 0 Å². The van der Waals surface area contributed by atoms with Gasteiger partial charge in [0.15, 0.2) is 5.96 Å². The normalized spacial score (nSPS) is 15.0. The molecule has 0 aliphatic heterocycles. The number of carbonyl (C=O) groups excluding carboxylic acids is 8. The summed E-state index contributed by atoms with van der Waals surface area (Å²) < 4.78 is 0. The Morgan fingerprint density at radius 2 is 1.17 bits per heavy atom. The number of aliphatic carboxylic acids is 1. The monoisotopic (exact) mass is 830 g/mol. The van der Waals surface area contributed by atoms with Crippen LogP contribution in [0.25, 0.3) is 0 Å². The van der Waals surface area contributed by atoms with Crippen molar-refractivity contribution in [1.82, 2.24) is 42.5 Å². The van der Waals surface area contributed by atoms with Crippen molar-refractivity contribution in [3.05, 3.63) is 0 Å². The van der Waals surface area contributed by atoms with E-state index < -0.39 is 121 Å². The first-order valence-corrected chi connectivity index (χ1v) is 18.7. The Morgan fingerprint density at radius 1 is 0.655 bits per heavy atom. The molecule has 0 aromatic heterocycles. The number of aliphatic hydroxyl groups is 2. The molecule has 58 heavy (non-hydrogen) atoms. The summed E-state index contributed by atoms with van der Waals surface area (Å²) in [4.78, 5) is 117. The number of carbonyl (C=O) groups is 9. The summed E-state index contributed by atoms with van der Waals surface area (Å²) in [6.45, 7) is 6.74. The fraction of sp³-hybridized carbons (Fsp3) is 0.706. The maximum absolute atomic E-state index is 13.2. The summed E-state index contributed by atoms with van der Waals surface area (Å²) in [6.07, 6.45) is -0.742. The maximum atomic E-state index is 13.2. The number of carboxylic acids is 1. The van der Waals surface area contributed by atoms with Crippen LogP contribution in [0.15, 0.2) is 4.99 Å². The van der Waals surface area contributed by atoms with Gasteiger partial charge in [0.05, 0.1) is 32.3 Å². The molecule has 0 saturated heterocycles. The van der Waals surface area contributed by atoms with Crippen LogP contribution in [-0.4, -0.2) is 150 Å². The highest BCUT2D eigenvalue weighted by Gasteiger charge is 2.33. The van der Waals surface area contributed by atoms with Gasteiger partial charge in [-0.2, -0.15) is 0 Å². The van der Waals surface area contributed by atoms with Gasteiger partial charge < -0.3 is 75.1 Å². The summed E-state index contributed by atoms with van der Waals surface area (Å²) in [5.41, 5.74) is 15.9. The number of rotatable bonds is 27. The van der Waals surface area contributed by atoms with E-state index in [0.717, 1.165) is 0 Å². The smallest absolute Gasteiger partial charge is 0.325 e. The highest BCUT2D eigenvalue weighted by Crippen LogP contribution is 2.10. The van der Waals surface area contributed by atoms with Crippen molar-refractivity contribution in [3.63, 3.8) is 0 Å². The van der Waals surface area contributed by atoms with Crippen LogP contribution < -0.4 is 59.7 Å². The molecule has 0 aliphatic rings. The van der Waals surface area contributed by atoms with E-state index in [9.17, 15) is 53.4 Å². The summed E-state index contributed by atoms with van der Waals surface area (Å²) >= 11 is 0. The molecule has 0 aromatic rings. The van der Waals surface area contributed by atoms with Crippen LogP contribution in [-0.2, 0) is 43.2 Å². The van der Waals surface area contributed by atoms with Crippen LogP contribution in [0.2, 0.25) is 0 Å². The maximum Gasteiger partial charge on any atom is 0.325 e. The Labute approximate surface area is 336 Å². The predicted octanol–water partition coefficient (Wildman–Crippen LogP) is -6.29. The first-order chi connectivity index (χ1) is 27.1. The molecule has 0 aliphatic carbocycles. The molecular formula is C34H62N12O12. The van der Waals surface area contributed by atoms with E-state index in [4.69, 9.17) is 22.3 Å². The quantitative estimate of drug-likeness (QED) is 0.0208. The standard InChI is InChI=1S/C34H62N12O12/c1-7-17(4)26(46-30(54)22(15-47)44-29(53)21(11-16(2)3)43-23(49)12-35)31(55)39-14-25(51)45-27(19(6)48)32(56)40-13-24(50)42-20(9-8-10-38-34(36)37)28(52)41-18(5)33(57)58/h16-22,26-27,47-48H,7-15,35H2,1-6H3,(H,39,55)(H,40,56)(H,41,52)(H,42,50)(H,43,49)(H,44,53)(H,45,51)(H,46,54)(H,57,58)(H4,36,37,38). The molecule has 0 rings (SSSR count). The molecule has 330 valence electrons. The van der Waals surface area contributed by atoms with Crippen molar-refractivity contribution >= 4 is 59.2 Å². The fourth-order valence-corrected chi connectivity index (χ4v) is 4.96. The number of carboxylic acid groups (broad SMARTS) is 1. The number of nitrogens with one attached hydrogen (secondary N) is 8. The van der Waals surface area contributed by atoms with E-state index >= 15 is 0 Å². The SMILES string of the molecule is CCC(C)C(NC(=O)C(CO)NC(=O)C(CC(C)C)NC(=O)CN)C(=O)NCC(=O)NC(C(=O)NCC(=O)NC(CCCN=C(N)N)C(=O)NC(C)C(=O)O)C(C)O. The van der Waals surface area contributed by atoms with Crippen LogP contribution in [0, 0.1) is 11.8 Å². The van der Waals surface area contributed by atoms with Gasteiger partial charge in [0.2, 0.25) is 47.3 Å². The predicted molar refractivity (Wildman–Crippen MR) is 208 cm³/mol. The van der Waals surface area contributed by atoms with Crippen molar-refractivity contribution in [2.45, 2.75) is 110 Å². The minimum absolute atomic E-state index is 0.0117. The van der Waals surface area contributed by atoms with E-state index in [2.05, 4.69) is 47.5 Å². The number of hydrogen-bond acceptors (Lipinski definition) is 13. The largest absolute Gasteiger partial charge is 0.480 e. The van der Waals surface area contributed by atoms with Gasteiger partial charge in [0, 0.05) is 6.54 Å². The second-order valence-corrected chi connectivity index (χ2v) is 13.9. The molecule has 17 N–H and O–H groups in total. The molecule has 0 radical (unpaired) electrons. The Hall–Kier alpha value is -5.62. The zero-order valence-corrected chi connectivity index (χ0v) is 33.8. The molecular weight excluding hydrogens is 768 g/mol. The molecule has 0 aromatic carbocycles. The van der Waals surface area contributed by atoms with Crippen LogP contribution in [0.5, 0.6) is 0 Å². The number of nitrogens with two attached hydrogens (primary N) is 3. The number of guanidine groups is 1. The number of aliphatic imine (C=N–C) groups is 1. The lowest BCUT2D eigenvalue weighted by Gasteiger charge is -2.27. The molecule has 0 bridgehead atoms. The van der Waals surface area contributed by atoms with Gasteiger partial charge in [-0.05, 0) is 44.9 Å². The first kappa shape index (κ1) is 52.4. The van der Waals surface area contributed by atoms with Gasteiger partial charge in [-0.3, -0.25) is 48.1 Å². The van der Waals surface area contributed by atoms with Gasteiger partial charge in [0.1, 0.15) is 36.3 Å². The molecule has 24 heteroatoms. The second kappa shape index (κ2) is 27.1. The topological polar surface area (TPSA) is 401 Å². The highest BCUT2D eigenvalue weighted by molar-refractivity contribution is 5.96. The second-order valence-electron chi connectivity index (χ2n) is 13.9. The molecule has 8 amide bonds. The third kappa shape index (κ3) is 20.5. The van der Waals surface area contributed by atoms with Crippen molar-refractivity contribution in [2.75, 3.05) is 32.8 Å². The Balaban J connectivity index is 5.54. The van der Waals surface area contributed by atoms with Crippen molar-refractivity contribution < 1.29 is 58.5 Å².